The molecule has 202 valence electrons. The van der Waals surface area contributed by atoms with Gasteiger partial charge in [-0.2, -0.15) is 0 Å². The molecule has 4 atom stereocenters. The number of rotatable bonds is 14. The highest BCUT2D eigenvalue weighted by Crippen LogP contribution is 2.09. The van der Waals surface area contributed by atoms with Crippen molar-refractivity contribution < 1.29 is 24.3 Å². The summed E-state index contributed by atoms with van der Waals surface area (Å²) in [5.74, 6) is -3.06. The van der Waals surface area contributed by atoms with Gasteiger partial charge < -0.3 is 31.8 Å². The quantitative estimate of drug-likeness (QED) is 0.215. The van der Waals surface area contributed by atoms with Crippen LogP contribution in [0.5, 0.6) is 0 Å². The number of nitrogens with zero attached hydrogens (tertiary/aromatic N) is 1. The molecule has 2 rings (SSSR count). The predicted octanol–water partition coefficient (Wildman–Crippen LogP) is 0.763. The lowest BCUT2D eigenvalue weighted by molar-refractivity contribution is -0.142. The summed E-state index contributed by atoms with van der Waals surface area (Å²) in [6.07, 6.45) is 3.63. The highest BCUT2D eigenvalue weighted by Gasteiger charge is 2.32. The third-order valence-corrected chi connectivity index (χ3v) is 5.82. The number of carbonyl (C=O) groups is 4. The Morgan fingerprint density at radius 2 is 1.57 bits per heavy atom. The first-order chi connectivity index (χ1) is 17.5. The maximum absolute atomic E-state index is 13.3. The number of aromatic nitrogens is 2. The van der Waals surface area contributed by atoms with E-state index in [0.29, 0.717) is 12.1 Å². The zero-order valence-corrected chi connectivity index (χ0v) is 21.7. The van der Waals surface area contributed by atoms with Gasteiger partial charge in [0.2, 0.25) is 17.7 Å². The van der Waals surface area contributed by atoms with Crippen LogP contribution in [0.25, 0.3) is 0 Å². The van der Waals surface area contributed by atoms with Gasteiger partial charge in [-0.05, 0) is 23.8 Å². The van der Waals surface area contributed by atoms with Crippen molar-refractivity contribution >= 4 is 23.7 Å². The minimum Gasteiger partial charge on any atom is -0.480 e. The van der Waals surface area contributed by atoms with E-state index in [1.807, 2.05) is 19.9 Å². The zero-order valence-electron chi connectivity index (χ0n) is 21.7. The maximum atomic E-state index is 13.3. The third kappa shape index (κ3) is 9.68. The Morgan fingerprint density at radius 1 is 0.919 bits per heavy atom. The minimum atomic E-state index is -1.19. The van der Waals surface area contributed by atoms with Gasteiger partial charge in [-0.25, -0.2) is 9.78 Å². The zero-order chi connectivity index (χ0) is 27.5. The van der Waals surface area contributed by atoms with Crippen molar-refractivity contribution in [3.05, 3.63) is 54.1 Å². The number of imidazole rings is 1. The van der Waals surface area contributed by atoms with Crippen molar-refractivity contribution in [1.82, 2.24) is 25.9 Å². The normalized spacial score (nSPS) is 14.5. The Bertz CT molecular complexity index is 1030. The standard InChI is InChI=1S/C26H38N6O5/c1-15(2)10-19(27)23(33)30-20(12-18-13-28-14-29-18)24(34)32-22(16(3)4)25(35)31-21(26(36)37)11-17-8-6-5-7-9-17/h5-9,13-16,19-22H,10-12,27H2,1-4H3,(H,28,29)(H,30,33)(H,31,35)(H,32,34)(H,36,37). The van der Waals surface area contributed by atoms with Crippen LogP contribution in [0.3, 0.4) is 0 Å². The number of carboxylic acids is 1. The summed E-state index contributed by atoms with van der Waals surface area (Å²) >= 11 is 0. The van der Waals surface area contributed by atoms with E-state index < -0.39 is 47.9 Å². The summed E-state index contributed by atoms with van der Waals surface area (Å²) in [5, 5.41) is 17.6. The van der Waals surface area contributed by atoms with Crippen molar-refractivity contribution in [3.8, 4) is 0 Å². The van der Waals surface area contributed by atoms with Gasteiger partial charge in [0.1, 0.15) is 18.1 Å². The Balaban J connectivity index is 2.15. The lowest BCUT2D eigenvalue weighted by Gasteiger charge is -2.27. The van der Waals surface area contributed by atoms with Gasteiger partial charge in [0.25, 0.3) is 0 Å². The number of hydrogen-bond donors (Lipinski definition) is 6. The van der Waals surface area contributed by atoms with Crippen LogP contribution in [-0.2, 0) is 32.0 Å². The van der Waals surface area contributed by atoms with E-state index in [1.54, 1.807) is 38.1 Å². The van der Waals surface area contributed by atoms with Crippen LogP contribution in [-0.4, -0.2) is 62.9 Å². The molecule has 1 aromatic carbocycles. The number of amides is 3. The molecule has 7 N–H and O–H groups in total. The molecule has 3 amide bonds. The van der Waals surface area contributed by atoms with Crippen molar-refractivity contribution in [3.63, 3.8) is 0 Å². The molecule has 11 heteroatoms. The Hall–Kier alpha value is -3.73. The van der Waals surface area contributed by atoms with Crippen molar-refractivity contribution in [2.75, 3.05) is 0 Å². The van der Waals surface area contributed by atoms with E-state index in [9.17, 15) is 24.3 Å². The number of aliphatic carboxylic acids is 1. The van der Waals surface area contributed by atoms with Crippen molar-refractivity contribution in [2.45, 2.75) is 71.1 Å². The lowest BCUT2D eigenvalue weighted by Crippen LogP contribution is -2.59. The number of nitrogens with one attached hydrogen (secondary N) is 4. The molecule has 0 saturated heterocycles. The van der Waals surface area contributed by atoms with E-state index in [-0.39, 0.29) is 24.7 Å². The lowest BCUT2D eigenvalue weighted by atomic mass is 10.00. The number of nitrogens with two attached hydrogens (primary N) is 1. The highest BCUT2D eigenvalue weighted by molar-refractivity contribution is 5.94. The Morgan fingerprint density at radius 3 is 2.11 bits per heavy atom. The van der Waals surface area contributed by atoms with Crippen LogP contribution in [0.15, 0.2) is 42.9 Å². The topological polar surface area (TPSA) is 179 Å². The second kappa shape index (κ2) is 14.1. The van der Waals surface area contributed by atoms with Gasteiger partial charge in [-0.3, -0.25) is 14.4 Å². The first-order valence-electron chi connectivity index (χ1n) is 12.4. The smallest absolute Gasteiger partial charge is 0.326 e. The molecule has 37 heavy (non-hydrogen) atoms. The number of benzene rings is 1. The average molecular weight is 515 g/mol. The largest absolute Gasteiger partial charge is 0.480 e. The fraction of sp³-hybridized carbons (Fsp3) is 0.500. The molecular formula is C26H38N6O5. The van der Waals surface area contributed by atoms with Crippen LogP contribution in [0.2, 0.25) is 0 Å². The number of carbonyl (C=O) groups excluding carboxylic acids is 3. The molecule has 2 aromatic rings. The summed E-state index contributed by atoms with van der Waals surface area (Å²) in [5.41, 5.74) is 7.36. The molecule has 4 unspecified atom stereocenters. The minimum absolute atomic E-state index is 0.0902. The van der Waals surface area contributed by atoms with E-state index in [1.165, 1.54) is 12.5 Å². The van der Waals surface area contributed by atoms with E-state index in [0.717, 1.165) is 5.56 Å². The van der Waals surface area contributed by atoms with Crippen molar-refractivity contribution in [2.24, 2.45) is 17.6 Å². The van der Waals surface area contributed by atoms with Gasteiger partial charge in [-0.15, -0.1) is 0 Å². The van der Waals surface area contributed by atoms with Crippen LogP contribution in [0, 0.1) is 11.8 Å². The summed E-state index contributed by atoms with van der Waals surface area (Å²) in [6, 6.07) is 4.90. The Labute approximate surface area is 217 Å². The van der Waals surface area contributed by atoms with E-state index in [4.69, 9.17) is 5.73 Å². The first kappa shape index (κ1) is 29.5. The molecule has 0 bridgehead atoms. The second-order valence-corrected chi connectivity index (χ2v) is 9.90. The highest BCUT2D eigenvalue weighted by atomic mass is 16.4. The molecule has 1 aromatic heterocycles. The summed E-state index contributed by atoms with van der Waals surface area (Å²) in [6.45, 7) is 7.35. The molecule has 0 aliphatic heterocycles. The number of hydrogen-bond acceptors (Lipinski definition) is 6. The van der Waals surface area contributed by atoms with Crippen LogP contribution in [0.4, 0.5) is 0 Å². The molecule has 0 spiro atoms. The number of H-pyrrole nitrogens is 1. The fourth-order valence-electron chi connectivity index (χ4n) is 3.82. The van der Waals surface area contributed by atoms with E-state index >= 15 is 0 Å². The van der Waals surface area contributed by atoms with Crippen LogP contribution >= 0.6 is 0 Å². The van der Waals surface area contributed by atoms with Gasteiger partial charge in [-0.1, -0.05) is 58.0 Å². The molecule has 0 radical (unpaired) electrons. The molecule has 1 heterocycles. The summed E-state index contributed by atoms with van der Waals surface area (Å²) in [7, 11) is 0. The second-order valence-electron chi connectivity index (χ2n) is 9.90. The monoisotopic (exact) mass is 514 g/mol. The van der Waals surface area contributed by atoms with E-state index in [2.05, 4.69) is 25.9 Å². The van der Waals surface area contributed by atoms with Gasteiger partial charge in [0.05, 0.1) is 12.4 Å². The SMILES string of the molecule is CC(C)CC(N)C(=O)NC(Cc1cnc[nH]1)C(=O)NC(C(=O)NC(Cc1ccccc1)C(=O)O)C(C)C. The third-order valence-electron chi connectivity index (χ3n) is 5.82. The number of carboxylic acid groups (broad SMARTS) is 1. The van der Waals surface area contributed by atoms with Crippen molar-refractivity contribution in [1.29, 1.82) is 0 Å². The van der Waals surface area contributed by atoms with Crippen LogP contribution < -0.4 is 21.7 Å². The van der Waals surface area contributed by atoms with Gasteiger partial charge in [0.15, 0.2) is 0 Å². The molecular weight excluding hydrogens is 476 g/mol. The van der Waals surface area contributed by atoms with Crippen LogP contribution in [0.1, 0.15) is 45.4 Å². The number of aromatic amines is 1. The molecule has 11 nitrogen and oxygen atoms in total. The summed E-state index contributed by atoms with van der Waals surface area (Å²) < 4.78 is 0. The molecule has 0 aliphatic rings. The fourth-order valence-corrected chi connectivity index (χ4v) is 3.82. The average Bonchev–Trinajstić information content (AvgIpc) is 3.34. The molecule has 0 aliphatic carbocycles. The van der Waals surface area contributed by atoms with Gasteiger partial charge >= 0.3 is 5.97 Å². The van der Waals surface area contributed by atoms with Gasteiger partial charge in [0, 0.05) is 24.7 Å². The maximum Gasteiger partial charge on any atom is 0.326 e. The molecule has 0 fully saturated rings. The molecule has 0 saturated carbocycles. The predicted molar refractivity (Wildman–Crippen MR) is 138 cm³/mol. The Kier molecular flexibility index (Phi) is 11.3. The first-order valence-corrected chi connectivity index (χ1v) is 12.4. The summed E-state index contributed by atoms with van der Waals surface area (Å²) in [4.78, 5) is 57.7.